The number of nitrogens with zero attached hydrogens (tertiary/aromatic N) is 1. The van der Waals surface area contributed by atoms with E-state index in [2.05, 4.69) is 10.4 Å². The number of carbonyl (C=O) groups is 1. The average molecular weight is 248 g/mol. The number of amides is 1. The zero-order valence-corrected chi connectivity index (χ0v) is 10.8. The Bertz CT molecular complexity index is 401. The van der Waals surface area contributed by atoms with Gasteiger partial charge in [-0.3, -0.25) is 9.63 Å². The second-order valence-electron chi connectivity index (χ2n) is 4.70. The van der Waals surface area contributed by atoms with Crippen LogP contribution < -0.4 is 5.48 Å². The first-order valence-corrected chi connectivity index (χ1v) is 6.47. The Kier molecular flexibility index (Phi) is 4.73. The fraction of sp³-hybridized carbons (Fsp3) is 0.500. The number of carbonyl (C=O) groups excluding carboxylic acids is 1. The number of hydrogen-bond donors (Lipinski definition) is 1. The van der Waals surface area contributed by atoms with Gasteiger partial charge in [0, 0.05) is 12.1 Å². The molecule has 4 nitrogen and oxygen atoms in total. The van der Waals surface area contributed by atoms with Crippen LogP contribution in [0.2, 0.25) is 0 Å². The Balaban J connectivity index is 1.68. The van der Waals surface area contributed by atoms with E-state index in [1.54, 1.807) is 6.07 Å². The minimum Gasteiger partial charge on any atom is -0.301 e. The highest BCUT2D eigenvalue weighted by molar-refractivity contribution is 5.93. The van der Waals surface area contributed by atoms with Crippen LogP contribution in [0.15, 0.2) is 24.3 Å². The van der Waals surface area contributed by atoms with E-state index < -0.39 is 0 Å². The molecule has 1 saturated heterocycles. The molecule has 1 aromatic rings. The number of aryl methyl sites for hydroxylation is 1. The summed E-state index contributed by atoms with van der Waals surface area (Å²) in [4.78, 5) is 19.3. The summed E-state index contributed by atoms with van der Waals surface area (Å²) < 4.78 is 0. The third-order valence-electron chi connectivity index (χ3n) is 3.15. The lowest BCUT2D eigenvalue weighted by molar-refractivity contribution is 0.0244. The van der Waals surface area contributed by atoms with Crippen molar-refractivity contribution in [3.8, 4) is 0 Å². The number of likely N-dealkylation sites (tertiary alicyclic amines) is 1. The number of rotatable bonds is 5. The maximum atomic E-state index is 11.7. The molecular formula is C14H20N2O2. The molecule has 0 bridgehead atoms. The Morgan fingerprint density at radius 2 is 2.17 bits per heavy atom. The maximum Gasteiger partial charge on any atom is 0.274 e. The van der Waals surface area contributed by atoms with Crippen LogP contribution >= 0.6 is 0 Å². The van der Waals surface area contributed by atoms with Crippen molar-refractivity contribution in [1.29, 1.82) is 0 Å². The quantitative estimate of drug-likeness (QED) is 0.637. The first-order chi connectivity index (χ1) is 8.75. The highest BCUT2D eigenvalue weighted by atomic mass is 16.6. The number of nitrogens with one attached hydrogen (secondary N) is 1. The second kappa shape index (κ2) is 6.52. The van der Waals surface area contributed by atoms with Gasteiger partial charge in [-0.15, -0.1) is 0 Å². The van der Waals surface area contributed by atoms with E-state index in [1.165, 1.54) is 12.8 Å². The van der Waals surface area contributed by atoms with Crippen molar-refractivity contribution in [2.45, 2.75) is 19.8 Å². The highest BCUT2D eigenvalue weighted by Crippen LogP contribution is 2.06. The molecule has 0 aliphatic carbocycles. The van der Waals surface area contributed by atoms with E-state index in [0.29, 0.717) is 12.2 Å². The summed E-state index contributed by atoms with van der Waals surface area (Å²) in [5.74, 6) is -0.180. The van der Waals surface area contributed by atoms with Crippen LogP contribution in [0.1, 0.15) is 28.8 Å². The lowest BCUT2D eigenvalue weighted by atomic mass is 10.1. The molecule has 1 N–H and O–H groups in total. The normalized spacial score (nSPS) is 15.8. The topological polar surface area (TPSA) is 41.6 Å². The van der Waals surface area contributed by atoms with Gasteiger partial charge < -0.3 is 4.90 Å². The molecule has 0 aromatic heterocycles. The van der Waals surface area contributed by atoms with Gasteiger partial charge >= 0.3 is 0 Å². The molecule has 0 radical (unpaired) electrons. The zero-order chi connectivity index (χ0) is 12.8. The van der Waals surface area contributed by atoms with E-state index in [-0.39, 0.29) is 5.91 Å². The number of hydrogen-bond acceptors (Lipinski definition) is 3. The first kappa shape index (κ1) is 13.1. The van der Waals surface area contributed by atoms with Gasteiger partial charge in [-0.25, -0.2) is 5.48 Å². The van der Waals surface area contributed by atoms with E-state index >= 15 is 0 Å². The molecule has 18 heavy (non-hydrogen) atoms. The molecule has 1 amide bonds. The fourth-order valence-corrected chi connectivity index (χ4v) is 2.14. The van der Waals surface area contributed by atoms with Gasteiger partial charge in [-0.1, -0.05) is 17.7 Å². The molecule has 1 heterocycles. The van der Waals surface area contributed by atoms with Crippen LogP contribution in [-0.2, 0) is 4.84 Å². The molecule has 2 rings (SSSR count). The molecule has 0 spiro atoms. The summed E-state index contributed by atoms with van der Waals surface area (Å²) in [5.41, 5.74) is 4.19. The molecule has 4 heteroatoms. The molecule has 0 unspecified atom stereocenters. The standard InChI is InChI=1S/C14H20N2O2/c1-12-5-4-6-13(11-12)14(17)15-18-10-9-16-7-2-3-8-16/h4-6,11H,2-3,7-10H2,1H3,(H,15,17). The van der Waals surface area contributed by atoms with E-state index in [0.717, 1.165) is 25.2 Å². The minimum absolute atomic E-state index is 0.180. The summed E-state index contributed by atoms with van der Waals surface area (Å²) in [6, 6.07) is 7.46. The minimum atomic E-state index is -0.180. The molecule has 0 atom stereocenters. The molecule has 0 saturated carbocycles. The molecular weight excluding hydrogens is 228 g/mol. The van der Waals surface area contributed by atoms with Gasteiger partial charge in [0.25, 0.3) is 5.91 Å². The molecule has 98 valence electrons. The maximum absolute atomic E-state index is 11.7. The predicted molar refractivity (Wildman–Crippen MR) is 70.3 cm³/mol. The van der Waals surface area contributed by atoms with Crippen LogP contribution in [0.3, 0.4) is 0 Å². The number of benzene rings is 1. The van der Waals surface area contributed by atoms with Crippen molar-refractivity contribution in [3.05, 3.63) is 35.4 Å². The Morgan fingerprint density at radius 1 is 1.39 bits per heavy atom. The van der Waals surface area contributed by atoms with Gasteiger partial charge in [-0.05, 0) is 45.0 Å². The zero-order valence-electron chi connectivity index (χ0n) is 10.8. The van der Waals surface area contributed by atoms with E-state index in [1.807, 2.05) is 25.1 Å². The largest absolute Gasteiger partial charge is 0.301 e. The van der Waals surface area contributed by atoms with Crippen molar-refractivity contribution in [3.63, 3.8) is 0 Å². The lowest BCUT2D eigenvalue weighted by Gasteiger charge is -2.14. The van der Waals surface area contributed by atoms with Gasteiger partial charge in [0.1, 0.15) is 0 Å². The van der Waals surface area contributed by atoms with Gasteiger partial charge in [-0.2, -0.15) is 0 Å². The van der Waals surface area contributed by atoms with Crippen LogP contribution in [0.4, 0.5) is 0 Å². The Hall–Kier alpha value is -1.39. The van der Waals surface area contributed by atoms with E-state index in [4.69, 9.17) is 4.84 Å². The van der Waals surface area contributed by atoms with Crippen LogP contribution in [0.5, 0.6) is 0 Å². The third kappa shape index (κ3) is 3.82. The van der Waals surface area contributed by atoms with Gasteiger partial charge in [0.2, 0.25) is 0 Å². The summed E-state index contributed by atoms with van der Waals surface area (Å²) in [7, 11) is 0. The lowest BCUT2D eigenvalue weighted by Crippen LogP contribution is -2.30. The van der Waals surface area contributed by atoms with Crippen molar-refractivity contribution in [1.82, 2.24) is 10.4 Å². The number of hydroxylamine groups is 1. The summed E-state index contributed by atoms with van der Waals surface area (Å²) in [5, 5.41) is 0. The Labute approximate surface area is 108 Å². The summed E-state index contributed by atoms with van der Waals surface area (Å²) in [6.45, 7) is 5.68. The van der Waals surface area contributed by atoms with Crippen molar-refractivity contribution in [2.24, 2.45) is 0 Å². The van der Waals surface area contributed by atoms with Crippen LogP contribution in [-0.4, -0.2) is 37.0 Å². The smallest absolute Gasteiger partial charge is 0.274 e. The summed E-state index contributed by atoms with van der Waals surface area (Å²) >= 11 is 0. The average Bonchev–Trinajstić information content (AvgIpc) is 2.87. The van der Waals surface area contributed by atoms with Gasteiger partial charge in [0.15, 0.2) is 0 Å². The monoisotopic (exact) mass is 248 g/mol. The van der Waals surface area contributed by atoms with Gasteiger partial charge in [0.05, 0.1) is 6.61 Å². The van der Waals surface area contributed by atoms with Crippen molar-refractivity contribution in [2.75, 3.05) is 26.2 Å². The molecule has 1 aliphatic heterocycles. The summed E-state index contributed by atoms with van der Waals surface area (Å²) in [6.07, 6.45) is 2.55. The van der Waals surface area contributed by atoms with Crippen LogP contribution in [0, 0.1) is 6.92 Å². The third-order valence-corrected chi connectivity index (χ3v) is 3.15. The Morgan fingerprint density at radius 3 is 2.89 bits per heavy atom. The molecule has 1 aromatic carbocycles. The SMILES string of the molecule is Cc1cccc(C(=O)NOCCN2CCCC2)c1. The fourth-order valence-electron chi connectivity index (χ4n) is 2.14. The van der Waals surface area contributed by atoms with Crippen molar-refractivity contribution < 1.29 is 9.63 Å². The second-order valence-corrected chi connectivity index (χ2v) is 4.70. The first-order valence-electron chi connectivity index (χ1n) is 6.47. The molecule has 1 aliphatic rings. The predicted octanol–water partition coefficient (Wildman–Crippen LogP) is 1.75. The highest BCUT2D eigenvalue weighted by Gasteiger charge is 2.11. The van der Waals surface area contributed by atoms with Crippen molar-refractivity contribution >= 4 is 5.91 Å². The van der Waals surface area contributed by atoms with Crippen LogP contribution in [0.25, 0.3) is 0 Å². The molecule has 1 fully saturated rings. The van der Waals surface area contributed by atoms with E-state index in [9.17, 15) is 4.79 Å².